The normalized spacial score (nSPS) is 17.2. The molecule has 0 saturated carbocycles. The third kappa shape index (κ3) is 2.56. The topological polar surface area (TPSA) is 21.3 Å². The molecule has 0 aromatic heterocycles. The van der Waals surface area contributed by atoms with Crippen molar-refractivity contribution in [1.82, 2.24) is 5.32 Å². The van der Waals surface area contributed by atoms with Gasteiger partial charge in [0.15, 0.2) is 0 Å². The standard InChI is InChI=1S/C14H17NO/c1-3-15-8-4-5-12-6-7-14-13(10-12)9-11(2)16-14/h6-7,10-11,15H,3,8-9H2,1-2H3. The molecule has 0 amide bonds. The SMILES string of the molecule is CCNCC#Cc1ccc2c(c1)CC(C)O2. The van der Waals surface area contributed by atoms with E-state index in [1.807, 2.05) is 12.1 Å². The fraction of sp³-hybridized carbons (Fsp3) is 0.429. The van der Waals surface area contributed by atoms with Crippen LogP contribution in [0.25, 0.3) is 0 Å². The Morgan fingerprint density at radius 2 is 2.38 bits per heavy atom. The molecule has 0 spiro atoms. The maximum absolute atomic E-state index is 5.64. The van der Waals surface area contributed by atoms with Crippen LogP contribution in [0.5, 0.6) is 5.75 Å². The van der Waals surface area contributed by atoms with Crippen LogP contribution in [0.1, 0.15) is 25.0 Å². The number of nitrogens with one attached hydrogen (secondary N) is 1. The Hall–Kier alpha value is -1.46. The number of rotatable bonds is 2. The van der Waals surface area contributed by atoms with Gasteiger partial charge in [0.25, 0.3) is 0 Å². The molecule has 2 rings (SSSR count). The fourth-order valence-electron chi connectivity index (χ4n) is 1.83. The Labute approximate surface area is 97.0 Å². The van der Waals surface area contributed by atoms with Gasteiger partial charge in [0, 0.05) is 12.0 Å². The molecule has 1 aromatic carbocycles. The van der Waals surface area contributed by atoms with Gasteiger partial charge in [0.1, 0.15) is 11.9 Å². The van der Waals surface area contributed by atoms with Crippen LogP contribution in [0, 0.1) is 11.8 Å². The van der Waals surface area contributed by atoms with Crippen molar-refractivity contribution in [2.45, 2.75) is 26.4 Å². The highest BCUT2D eigenvalue weighted by Crippen LogP contribution is 2.28. The Bertz CT molecular complexity index is 428. The van der Waals surface area contributed by atoms with Crippen molar-refractivity contribution in [3.63, 3.8) is 0 Å². The molecule has 2 heteroatoms. The molecule has 2 nitrogen and oxygen atoms in total. The summed E-state index contributed by atoms with van der Waals surface area (Å²) in [5.41, 5.74) is 2.36. The van der Waals surface area contributed by atoms with Crippen molar-refractivity contribution in [2.75, 3.05) is 13.1 Å². The number of benzene rings is 1. The largest absolute Gasteiger partial charge is 0.490 e. The van der Waals surface area contributed by atoms with Crippen molar-refractivity contribution >= 4 is 0 Å². The van der Waals surface area contributed by atoms with E-state index in [0.717, 1.165) is 30.8 Å². The molecule has 0 bridgehead atoms. The van der Waals surface area contributed by atoms with Crippen LogP contribution in [0.3, 0.4) is 0 Å². The molecule has 1 aliphatic rings. The van der Waals surface area contributed by atoms with Crippen LogP contribution in [-0.4, -0.2) is 19.2 Å². The quantitative estimate of drug-likeness (QED) is 0.601. The Morgan fingerprint density at radius 3 is 3.19 bits per heavy atom. The van der Waals surface area contributed by atoms with Gasteiger partial charge >= 0.3 is 0 Å². The lowest BCUT2D eigenvalue weighted by atomic mass is 10.1. The third-order valence-corrected chi connectivity index (χ3v) is 2.59. The van der Waals surface area contributed by atoms with E-state index < -0.39 is 0 Å². The minimum absolute atomic E-state index is 0.306. The molecular weight excluding hydrogens is 198 g/mol. The molecule has 16 heavy (non-hydrogen) atoms. The molecule has 0 fully saturated rings. The van der Waals surface area contributed by atoms with Crippen LogP contribution in [0.15, 0.2) is 18.2 Å². The van der Waals surface area contributed by atoms with E-state index in [2.05, 4.69) is 37.1 Å². The average Bonchev–Trinajstić information content (AvgIpc) is 2.64. The molecule has 0 aliphatic carbocycles. The molecule has 0 saturated heterocycles. The van der Waals surface area contributed by atoms with Gasteiger partial charge in [-0.2, -0.15) is 0 Å². The maximum Gasteiger partial charge on any atom is 0.123 e. The van der Waals surface area contributed by atoms with Crippen LogP contribution in [-0.2, 0) is 6.42 Å². The molecule has 0 radical (unpaired) electrons. The first-order chi connectivity index (χ1) is 7.79. The van der Waals surface area contributed by atoms with Crippen molar-refractivity contribution in [3.8, 4) is 17.6 Å². The summed E-state index contributed by atoms with van der Waals surface area (Å²) in [5, 5.41) is 3.18. The van der Waals surface area contributed by atoms with Gasteiger partial charge in [-0.15, -0.1) is 0 Å². The summed E-state index contributed by atoms with van der Waals surface area (Å²) >= 11 is 0. The van der Waals surface area contributed by atoms with Crippen molar-refractivity contribution < 1.29 is 4.74 Å². The summed E-state index contributed by atoms with van der Waals surface area (Å²) in [6, 6.07) is 6.18. The van der Waals surface area contributed by atoms with Gasteiger partial charge in [0.2, 0.25) is 0 Å². The lowest BCUT2D eigenvalue weighted by Gasteiger charge is -2.01. The minimum Gasteiger partial charge on any atom is -0.490 e. The van der Waals surface area contributed by atoms with Crippen LogP contribution in [0.2, 0.25) is 0 Å². The zero-order valence-electron chi connectivity index (χ0n) is 9.84. The van der Waals surface area contributed by atoms with E-state index in [9.17, 15) is 0 Å². The first kappa shape index (κ1) is 11.0. The first-order valence-electron chi connectivity index (χ1n) is 5.78. The fourth-order valence-corrected chi connectivity index (χ4v) is 1.83. The van der Waals surface area contributed by atoms with Gasteiger partial charge in [-0.05, 0) is 37.2 Å². The van der Waals surface area contributed by atoms with Gasteiger partial charge in [-0.1, -0.05) is 18.8 Å². The van der Waals surface area contributed by atoms with Gasteiger partial charge in [-0.3, -0.25) is 0 Å². The monoisotopic (exact) mass is 215 g/mol. The Kier molecular flexibility index (Phi) is 3.48. The number of hydrogen-bond donors (Lipinski definition) is 1. The smallest absolute Gasteiger partial charge is 0.123 e. The predicted octanol–water partition coefficient (Wildman–Crippen LogP) is 1.97. The molecule has 1 heterocycles. The second kappa shape index (κ2) is 5.05. The van der Waals surface area contributed by atoms with Gasteiger partial charge < -0.3 is 10.1 Å². The number of ether oxygens (including phenoxy) is 1. The summed E-state index contributed by atoms with van der Waals surface area (Å²) in [4.78, 5) is 0. The van der Waals surface area contributed by atoms with E-state index in [0.29, 0.717) is 6.10 Å². The van der Waals surface area contributed by atoms with Crippen LogP contribution >= 0.6 is 0 Å². The highest BCUT2D eigenvalue weighted by atomic mass is 16.5. The van der Waals surface area contributed by atoms with Crippen LogP contribution in [0.4, 0.5) is 0 Å². The summed E-state index contributed by atoms with van der Waals surface area (Å²) in [6.07, 6.45) is 1.30. The van der Waals surface area contributed by atoms with Crippen molar-refractivity contribution in [1.29, 1.82) is 0 Å². The molecule has 1 aromatic rings. The van der Waals surface area contributed by atoms with Gasteiger partial charge in [-0.25, -0.2) is 0 Å². The Morgan fingerprint density at radius 1 is 1.50 bits per heavy atom. The van der Waals surface area contributed by atoms with Crippen molar-refractivity contribution in [2.24, 2.45) is 0 Å². The van der Waals surface area contributed by atoms with Gasteiger partial charge in [0.05, 0.1) is 6.54 Å². The molecule has 1 atom stereocenters. The maximum atomic E-state index is 5.64. The Balaban J connectivity index is 2.07. The third-order valence-electron chi connectivity index (χ3n) is 2.59. The average molecular weight is 215 g/mol. The zero-order valence-corrected chi connectivity index (χ0v) is 9.84. The lowest BCUT2D eigenvalue weighted by molar-refractivity contribution is 0.254. The second-order valence-electron chi connectivity index (χ2n) is 4.04. The van der Waals surface area contributed by atoms with E-state index in [-0.39, 0.29) is 0 Å². The molecule has 1 unspecified atom stereocenters. The van der Waals surface area contributed by atoms with E-state index in [1.54, 1.807) is 0 Å². The van der Waals surface area contributed by atoms with Crippen molar-refractivity contribution in [3.05, 3.63) is 29.3 Å². The highest BCUT2D eigenvalue weighted by molar-refractivity contribution is 5.46. The summed E-state index contributed by atoms with van der Waals surface area (Å²) in [7, 11) is 0. The predicted molar refractivity (Wildman–Crippen MR) is 65.7 cm³/mol. The summed E-state index contributed by atoms with van der Waals surface area (Å²) < 4.78 is 5.64. The molecular formula is C14H17NO. The number of fused-ring (bicyclic) bond motifs is 1. The van der Waals surface area contributed by atoms with E-state index in [4.69, 9.17) is 4.74 Å². The molecule has 84 valence electrons. The molecule has 1 aliphatic heterocycles. The summed E-state index contributed by atoms with van der Waals surface area (Å²) in [6.45, 7) is 5.89. The minimum atomic E-state index is 0.306. The van der Waals surface area contributed by atoms with Crippen LogP contribution < -0.4 is 10.1 Å². The van der Waals surface area contributed by atoms with E-state index in [1.165, 1.54) is 5.56 Å². The lowest BCUT2D eigenvalue weighted by Crippen LogP contribution is -2.11. The number of hydrogen-bond acceptors (Lipinski definition) is 2. The molecule has 1 N–H and O–H groups in total. The zero-order chi connectivity index (χ0) is 11.4. The summed E-state index contributed by atoms with van der Waals surface area (Å²) in [5.74, 6) is 7.28. The van der Waals surface area contributed by atoms with E-state index >= 15 is 0 Å². The first-order valence-corrected chi connectivity index (χ1v) is 5.78. The second-order valence-corrected chi connectivity index (χ2v) is 4.04. The highest BCUT2D eigenvalue weighted by Gasteiger charge is 2.18.